The number of carbonyl (C=O) groups excluding carboxylic acids is 1. The number of amides is 2. The largest absolute Gasteiger partial charge is 0.467 e. The summed E-state index contributed by atoms with van der Waals surface area (Å²) in [5.74, 6) is 1.27. The van der Waals surface area contributed by atoms with Crippen LogP contribution in [0.3, 0.4) is 0 Å². The molecule has 2 atom stereocenters. The van der Waals surface area contributed by atoms with Gasteiger partial charge in [0.2, 0.25) is 0 Å². The molecule has 2 heterocycles. The lowest BCUT2D eigenvalue weighted by molar-refractivity contribution is 0.00346. The molecule has 18 heavy (non-hydrogen) atoms. The van der Waals surface area contributed by atoms with Crippen LogP contribution in [0.2, 0.25) is 0 Å². The molecule has 0 spiro atoms. The van der Waals surface area contributed by atoms with Crippen molar-refractivity contribution in [3.05, 3.63) is 24.2 Å². The fraction of sp³-hybridized carbons (Fsp3) is 0.615. The van der Waals surface area contributed by atoms with Crippen molar-refractivity contribution in [1.29, 1.82) is 0 Å². The number of ether oxygens (including phenoxy) is 1. The van der Waals surface area contributed by atoms with E-state index in [-0.39, 0.29) is 6.03 Å². The number of hydrogen-bond donors (Lipinski definition) is 2. The summed E-state index contributed by atoms with van der Waals surface area (Å²) in [6.07, 6.45) is 3.93. The molecular weight excluding hydrogens is 232 g/mol. The van der Waals surface area contributed by atoms with Gasteiger partial charge >= 0.3 is 6.03 Å². The Hall–Kier alpha value is -1.49. The minimum Gasteiger partial charge on any atom is -0.467 e. The molecule has 0 aliphatic carbocycles. The quantitative estimate of drug-likeness (QED) is 0.860. The van der Waals surface area contributed by atoms with Crippen LogP contribution in [0.25, 0.3) is 0 Å². The Balaban J connectivity index is 1.62. The number of urea groups is 1. The molecule has 5 heteroatoms. The van der Waals surface area contributed by atoms with E-state index in [9.17, 15) is 4.79 Å². The van der Waals surface area contributed by atoms with Crippen molar-refractivity contribution in [3.63, 3.8) is 0 Å². The summed E-state index contributed by atoms with van der Waals surface area (Å²) in [4.78, 5) is 11.6. The molecule has 1 aromatic heterocycles. The number of carbonyl (C=O) groups is 1. The van der Waals surface area contributed by atoms with Crippen LogP contribution in [0.1, 0.15) is 25.5 Å². The molecule has 100 valence electrons. The van der Waals surface area contributed by atoms with Crippen molar-refractivity contribution in [2.45, 2.75) is 32.4 Å². The third-order valence-electron chi connectivity index (χ3n) is 3.15. The van der Waals surface area contributed by atoms with E-state index >= 15 is 0 Å². The van der Waals surface area contributed by atoms with Crippen LogP contribution in [-0.4, -0.2) is 25.3 Å². The number of nitrogens with one attached hydrogen (secondary N) is 2. The van der Waals surface area contributed by atoms with Gasteiger partial charge in [-0.25, -0.2) is 4.79 Å². The first-order valence-electron chi connectivity index (χ1n) is 6.39. The van der Waals surface area contributed by atoms with Gasteiger partial charge in [0.1, 0.15) is 5.76 Å². The lowest BCUT2D eigenvalue weighted by atomic mass is 9.96. The summed E-state index contributed by atoms with van der Waals surface area (Å²) in [7, 11) is 0. The Morgan fingerprint density at radius 2 is 2.39 bits per heavy atom. The highest BCUT2D eigenvalue weighted by Crippen LogP contribution is 2.18. The normalized spacial score (nSPS) is 23.6. The summed E-state index contributed by atoms with van der Waals surface area (Å²) in [6, 6.07) is 3.49. The zero-order chi connectivity index (χ0) is 12.8. The lowest BCUT2D eigenvalue weighted by Gasteiger charge is -2.27. The summed E-state index contributed by atoms with van der Waals surface area (Å²) in [5, 5.41) is 5.65. The highest BCUT2D eigenvalue weighted by molar-refractivity contribution is 5.73. The van der Waals surface area contributed by atoms with Crippen molar-refractivity contribution in [2.24, 2.45) is 5.92 Å². The van der Waals surface area contributed by atoms with E-state index in [1.165, 1.54) is 0 Å². The van der Waals surface area contributed by atoms with Crippen molar-refractivity contribution >= 4 is 6.03 Å². The van der Waals surface area contributed by atoms with Gasteiger partial charge in [0.05, 0.1) is 18.9 Å². The average Bonchev–Trinajstić information content (AvgIpc) is 2.87. The molecule has 0 bridgehead atoms. The van der Waals surface area contributed by atoms with Crippen LogP contribution in [0.15, 0.2) is 22.8 Å². The minimum absolute atomic E-state index is 0.148. The van der Waals surface area contributed by atoms with Crippen LogP contribution >= 0.6 is 0 Å². The third-order valence-corrected chi connectivity index (χ3v) is 3.15. The molecule has 0 unspecified atom stereocenters. The SMILES string of the molecule is C[C@@H]1C[C@@H](CNC(=O)NCc2ccco2)CCO1. The number of rotatable bonds is 4. The monoisotopic (exact) mass is 252 g/mol. The Kier molecular flexibility index (Phi) is 4.64. The summed E-state index contributed by atoms with van der Waals surface area (Å²) in [6.45, 7) is 3.99. The first-order chi connectivity index (χ1) is 8.74. The van der Waals surface area contributed by atoms with Crippen LogP contribution in [-0.2, 0) is 11.3 Å². The van der Waals surface area contributed by atoms with Gasteiger partial charge in [0.15, 0.2) is 0 Å². The van der Waals surface area contributed by atoms with Gasteiger partial charge in [0, 0.05) is 13.2 Å². The van der Waals surface area contributed by atoms with E-state index in [0.717, 1.165) is 25.2 Å². The Morgan fingerprint density at radius 3 is 3.11 bits per heavy atom. The zero-order valence-electron chi connectivity index (χ0n) is 10.6. The van der Waals surface area contributed by atoms with Crippen molar-refractivity contribution in [3.8, 4) is 0 Å². The maximum Gasteiger partial charge on any atom is 0.315 e. The highest BCUT2D eigenvalue weighted by atomic mass is 16.5. The van der Waals surface area contributed by atoms with Gasteiger partial charge in [-0.1, -0.05) is 0 Å². The summed E-state index contributed by atoms with van der Waals surface area (Å²) >= 11 is 0. The van der Waals surface area contributed by atoms with E-state index < -0.39 is 0 Å². The van der Waals surface area contributed by atoms with Crippen LogP contribution in [0, 0.1) is 5.92 Å². The van der Waals surface area contributed by atoms with E-state index in [4.69, 9.17) is 9.15 Å². The Morgan fingerprint density at radius 1 is 1.50 bits per heavy atom. The molecule has 0 aromatic carbocycles. The molecular formula is C13H20N2O3. The van der Waals surface area contributed by atoms with Gasteiger partial charge in [-0.15, -0.1) is 0 Å². The second-order valence-electron chi connectivity index (χ2n) is 4.71. The second kappa shape index (κ2) is 6.44. The standard InChI is InChI=1S/C13H20N2O3/c1-10-7-11(4-6-17-10)8-14-13(16)15-9-12-3-2-5-18-12/h2-3,5,10-11H,4,6-9H2,1H3,(H2,14,15,16)/t10-,11+/m1/s1. The molecule has 0 radical (unpaired) electrons. The molecule has 2 amide bonds. The minimum atomic E-state index is -0.148. The molecule has 1 aliphatic heterocycles. The van der Waals surface area contributed by atoms with Crippen molar-refractivity contribution < 1.29 is 13.9 Å². The maximum absolute atomic E-state index is 11.6. The highest BCUT2D eigenvalue weighted by Gasteiger charge is 2.19. The molecule has 1 aromatic rings. The predicted molar refractivity (Wildman–Crippen MR) is 67.1 cm³/mol. The van der Waals surface area contributed by atoms with Gasteiger partial charge in [-0.3, -0.25) is 0 Å². The first-order valence-corrected chi connectivity index (χ1v) is 6.39. The van der Waals surface area contributed by atoms with Crippen LogP contribution in [0.4, 0.5) is 4.79 Å². The average molecular weight is 252 g/mol. The lowest BCUT2D eigenvalue weighted by Crippen LogP contribution is -2.39. The van der Waals surface area contributed by atoms with Crippen molar-refractivity contribution in [2.75, 3.05) is 13.2 Å². The molecule has 2 rings (SSSR count). The fourth-order valence-corrected chi connectivity index (χ4v) is 2.16. The van der Waals surface area contributed by atoms with E-state index in [1.54, 1.807) is 12.3 Å². The zero-order valence-corrected chi connectivity index (χ0v) is 10.6. The first kappa shape index (κ1) is 13.0. The molecule has 1 aliphatic rings. The molecule has 1 saturated heterocycles. The van der Waals surface area contributed by atoms with Crippen LogP contribution in [0.5, 0.6) is 0 Å². The number of furan rings is 1. The third kappa shape index (κ3) is 4.07. The number of hydrogen-bond acceptors (Lipinski definition) is 3. The Labute approximate surface area is 107 Å². The molecule has 1 fully saturated rings. The summed E-state index contributed by atoms with van der Waals surface area (Å²) in [5.41, 5.74) is 0. The predicted octanol–water partition coefficient (Wildman–Crippen LogP) is 1.89. The Bertz CT molecular complexity index is 364. The van der Waals surface area contributed by atoms with Gasteiger partial charge in [-0.2, -0.15) is 0 Å². The van der Waals surface area contributed by atoms with E-state index in [1.807, 2.05) is 6.07 Å². The molecule has 0 saturated carbocycles. The van der Waals surface area contributed by atoms with Gasteiger partial charge < -0.3 is 19.8 Å². The second-order valence-corrected chi connectivity index (χ2v) is 4.71. The van der Waals surface area contributed by atoms with Crippen molar-refractivity contribution in [1.82, 2.24) is 10.6 Å². The maximum atomic E-state index is 11.6. The molecule has 5 nitrogen and oxygen atoms in total. The smallest absolute Gasteiger partial charge is 0.315 e. The van der Waals surface area contributed by atoms with E-state index in [2.05, 4.69) is 17.6 Å². The van der Waals surface area contributed by atoms with Crippen LogP contribution < -0.4 is 10.6 Å². The van der Waals surface area contributed by atoms with Gasteiger partial charge in [0.25, 0.3) is 0 Å². The molecule has 2 N–H and O–H groups in total. The summed E-state index contributed by atoms with van der Waals surface area (Å²) < 4.78 is 10.6. The van der Waals surface area contributed by atoms with E-state index in [0.29, 0.717) is 25.1 Å². The van der Waals surface area contributed by atoms with Gasteiger partial charge in [-0.05, 0) is 37.8 Å². The fourth-order valence-electron chi connectivity index (χ4n) is 2.16. The topological polar surface area (TPSA) is 63.5 Å².